The molecule has 0 aliphatic carbocycles. The minimum Gasteiger partial charge on any atom is -0.399 e. The standard InChI is InChI=1S/C26H28BBrO2/c1-24(2,3)17-12-15-8-10-18-20(27-29-25(4,5)26(6,7)30-27)14-21(28)19-11-9-16(13-17)22(15)23(18)19/h8-14H,1-7H3. The molecule has 1 fully saturated rings. The highest BCUT2D eigenvalue weighted by atomic mass is 79.9. The number of rotatable bonds is 1. The Morgan fingerprint density at radius 2 is 1.30 bits per heavy atom. The number of benzene rings is 4. The molecule has 4 aromatic rings. The molecule has 5 rings (SSSR count). The van der Waals surface area contributed by atoms with Gasteiger partial charge in [-0.2, -0.15) is 0 Å². The van der Waals surface area contributed by atoms with Crippen LogP contribution in [0.15, 0.2) is 46.9 Å². The first-order chi connectivity index (χ1) is 13.9. The average molecular weight is 463 g/mol. The zero-order valence-electron chi connectivity index (χ0n) is 18.8. The van der Waals surface area contributed by atoms with E-state index < -0.39 is 0 Å². The fourth-order valence-electron chi connectivity index (χ4n) is 4.50. The van der Waals surface area contributed by atoms with Gasteiger partial charge in [0, 0.05) is 4.47 Å². The van der Waals surface area contributed by atoms with Gasteiger partial charge >= 0.3 is 7.12 Å². The molecule has 0 aromatic heterocycles. The lowest BCUT2D eigenvalue weighted by molar-refractivity contribution is 0.00578. The minimum atomic E-state index is -0.388. The van der Waals surface area contributed by atoms with E-state index >= 15 is 0 Å². The second-order valence-electron chi connectivity index (χ2n) is 10.7. The van der Waals surface area contributed by atoms with Crippen LogP contribution in [0.4, 0.5) is 0 Å². The van der Waals surface area contributed by atoms with E-state index in [4.69, 9.17) is 9.31 Å². The predicted molar refractivity (Wildman–Crippen MR) is 132 cm³/mol. The summed E-state index contributed by atoms with van der Waals surface area (Å²) in [6, 6.07) is 15.8. The molecule has 0 amide bonds. The zero-order chi connectivity index (χ0) is 21.6. The van der Waals surface area contributed by atoms with Crippen LogP contribution in [0.1, 0.15) is 54.0 Å². The van der Waals surface area contributed by atoms with Gasteiger partial charge in [0.25, 0.3) is 0 Å². The van der Waals surface area contributed by atoms with Gasteiger partial charge in [0.2, 0.25) is 0 Å². The molecular weight excluding hydrogens is 435 g/mol. The SMILES string of the molecule is CC(C)(C)c1cc2ccc3c(Br)cc(B4OC(C)(C)C(C)(C)O4)c4ccc(c1)c2c34. The zero-order valence-corrected chi connectivity index (χ0v) is 20.4. The highest BCUT2D eigenvalue weighted by molar-refractivity contribution is 9.10. The smallest absolute Gasteiger partial charge is 0.399 e. The molecule has 30 heavy (non-hydrogen) atoms. The monoisotopic (exact) mass is 462 g/mol. The largest absolute Gasteiger partial charge is 0.495 e. The highest BCUT2D eigenvalue weighted by Gasteiger charge is 2.52. The van der Waals surface area contributed by atoms with Crippen molar-refractivity contribution in [2.24, 2.45) is 0 Å². The van der Waals surface area contributed by atoms with Crippen LogP contribution in [0.2, 0.25) is 0 Å². The van der Waals surface area contributed by atoms with E-state index in [0.717, 1.165) is 9.94 Å². The van der Waals surface area contributed by atoms with E-state index in [2.05, 4.69) is 107 Å². The van der Waals surface area contributed by atoms with Crippen LogP contribution in [0.25, 0.3) is 32.3 Å². The molecular formula is C26H28BBrO2. The van der Waals surface area contributed by atoms with Crippen LogP contribution in [0.5, 0.6) is 0 Å². The summed E-state index contributed by atoms with van der Waals surface area (Å²) in [5, 5.41) is 7.60. The van der Waals surface area contributed by atoms with Crippen molar-refractivity contribution in [3.63, 3.8) is 0 Å². The van der Waals surface area contributed by atoms with Gasteiger partial charge in [-0.05, 0) is 82.5 Å². The maximum Gasteiger partial charge on any atom is 0.495 e. The van der Waals surface area contributed by atoms with Crippen LogP contribution < -0.4 is 5.46 Å². The second kappa shape index (κ2) is 6.21. The van der Waals surface area contributed by atoms with Gasteiger partial charge in [-0.3, -0.25) is 0 Å². The summed E-state index contributed by atoms with van der Waals surface area (Å²) in [6.07, 6.45) is 0. The Morgan fingerprint density at radius 3 is 1.83 bits per heavy atom. The molecule has 4 aromatic carbocycles. The topological polar surface area (TPSA) is 18.5 Å². The van der Waals surface area contributed by atoms with Gasteiger partial charge in [-0.1, -0.05) is 73.1 Å². The Labute approximate surface area is 187 Å². The predicted octanol–water partition coefficient (Wildman–Crippen LogP) is 6.94. The molecule has 0 radical (unpaired) electrons. The van der Waals surface area contributed by atoms with E-state index in [1.54, 1.807) is 0 Å². The van der Waals surface area contributed by atoms with Crippen LogP contribution in [-0.2, 0) is 14.7 Å². The molecule has 0 bridgehead atoms. The summed E-state index contributed by atoms with van der Waals surface area (Å²) in [5.41, 5.74) is 1.82. The van der Waals surface area contributed by atoms with E-state index in [1.165, 1.54) is 37.9 Å². The van der Waals surface area contributed by atoms with Crippen LogP contribution >= 0.6 is 15.9 Å². The quantitative estimate of drug-likeness (QED) is 0.225. The van der Waals surface area contributed by atoms with Gasteiger partial charge < -0.3 is 9.31 Å². The lowest BCUT2D eigenvalue weighted by Gasteiger charge is -2.32. The van der Waals surface area contributed by atoms with Crippen molar-refractivity contribution >= 4 is 60.8 Å². The second-order valence-corrected chi connectivity index (χ2v) is 11.5. The maximum atomic E-state index is 6.42. The van der Waals surface area contributed by atoms with Gasteiger partial charge in [-0.25, -0.2) is 0 Å². The van der Waals surface area contributed by atoms with E-state index in [-0.39, 0.29) is 23.7 Å². The van der Waals surface area contributed by atoms with E-state index in [1.807, 2.05) is 0 Å². The fourth-order valence-corrected chi connectivity index (χ4v) is 5.07. The fraction of sp³-hybridized carbons (Fsp3) is 0.385. The summed E-state index contributed by atoms with van der Waals surface area (Å²) >= 11 is 3.83. The van der Waals surface area contributed by atoms with Gasteiger partial charge in [0.1, 0.15) is 0 Å². The van der Waals surface area contributed by atoms with Crippen LogP contribution in [-0.4, -0.2) is 18.3 Å². The molecule has 0 spiro atoms. The summed E-state index contributed by atoms with van der Waals surface area (Å²) in [7, 11) is -0.388. The minimum absolute atomic E-state index is 0.110. The highest BCUT2D eigenvalue weighted by Crippen LogP contribution is 2.41. The number of hydrogen-bond donors (Lipinski definition) is 0. The third-order valence-electron chi connectivity index (χ3n) is 7.07. The van der Waals surface area contributed by atoms with Crippen molar-refractivity contribution in [3.8, 4) is 0 Å². The average Bonchev–Trinajstić information content (AvgIpc) is 2.86. The van der Waals surface area contributed by atoms with Gasteiger partial charge in [0.15, 0.2) is 0 Å². The first-order valence-electron chi connectivity index (χ1n) is 10.7. The van der Waals surface area contributed by atoms with E-state index in [9.17, 15) is 0 Å². The van der Waals surface area contributed by atoms with Crippen molar-refractivity contribution in [3.05, 3.63) is 52.5 Å². The molecule has 1 heterocycles. The van der Waals surface area contributed by atoms with Crippen LogP contribution in [0, 0.1) is 0 Å². The first-order valence-corrected chi connectivity index (χ1v) is 11.5. The third-order valence-corrected chi connectivity index (χ3v) is 7.73. The normalized spacial score (nSPS) is 18.9. The Kier molecular flexibility index (Phi) is 4.20. The molecule has 0 atom stereocenters. The Balaban J connectivity index is 1.82. The molecule has 2 nitrogen and oxygen atoms in total. The number of hydrogen-bond acceptors (Lipinski definition) is 2. The molecule has 1 aliphatic rings. The summed E-state index contributed by atoms with van der Waals surface area (Å²) in [4.78, 5) is 0. The molecule has 154 valence electrons. The van der Waals surface area contributed by atoms with Crippen molar-refractivity contribution in [2.75, 3.05) is 0 Å². The van der Waals surface area contributed by atoms with Crippen molar-refractivity contribution in [1.29, 1.82) is 0 Å². The Morgan fingerprint density at radius 1 is 0.767 bits per heavy atom. The molecule has 4 heteroatoms. The third kappa shape index (κ3) is 2.84. The first kappa shape index (κ1) is 20.3. The lowest BCUT2D eigenvalue weighted by Crippen LogP contribution is -2.41. The molecule has 1 aliphatic heterocycles. The lowest BCUT2D eigenvalue weighted by atomic mass is 9.74. The van der Waals surface area contributed by atoms with Crippen LogP contribution in [0.3, 0.4) is 0 Å². The summed E-state index contributed by atoms with van der Waals surface area (Å²) < 4.78 is 13.9. The molecule has 0 unspecified atom stereocenters. The molecule has 0 N–H and O–H groups in total. The van der Waals surface area contributed by atoms with Gasteiger partial charge in [0.05, 0.1) is 11.2 Å². The summed E-state index contributed by atoms with van der Waals surface area (Å²) in [6.45, 7) is 15.2. The Hall–Kier alpha value is -1.62. The number of halogens is 1. The van der Waals surface area contributed by atoms with Crippen molar-refractivity contribution in [1.82, 2.24) is 0 Å². The molecule has 0 saturated carbocycles. The van der Waals surface area contributed by atoms with Crippen molar-refractivity contribution < 1.29 is 9.31 Å². The van der Waals surface area contributed by atoms with Gasteiger partial charge in [-0.15, -0.1) is 0 Å². The van der Waals surface area contributed by atoms with Crippen molar-refractivity contribution in [2.45, 2.75) is 65.1 Å². The maximum absolute atomic E-state index is 6.42. The summed E-state index contributed by atoms with van der Waals surface area (Å²) in [5.74, 6) is 0. The Bertz CT molecular complexity index is 1270. The molecule has 1 saturated heterocycles. The van der Waals surface area contributed by atoms with E-state index in [0.29, 0.717) is 0 Å².